The monoisotopic (exact) mass is 458 g/mol. The number of pyridine rings is 1. The number of nitrogens with zero attached hydrogens (tertiary/aromatic N) is 6. The Hall–Kier alpha value is -3.67. The van der Waals surface area contributed by atoms with Gasteiger partial charge in [-0.2, -0.15) is 5.26 Å². The van der Waals surface area contributed by atoms with E-state index in [0.717, 1.165) is 30.8 Å². The Kier molecular flexibility index (Phi) is 5.58. The summed E-state index contributed by atoms with van der Waals surface area (Å²) in [6.45, 7) is 3.90. The van der Waals surface area contributed by atoms with Crippen LogP contribution in [0.4, 0.5) is 11.6 Å². The summed E-state index contributed by atoms with van der Waals surface area (Å²) < 4.78 is 1.82. The van der Waals surface area contributed by atoms with Crippen molar-refractivity contribution >= 4 is 28.9 Å². The summed E-state index contributed by atoms with van der Waals surface area (Å²) in [6.07, 6.45) is 6.05. The molecule has 3 aromatic heterocycles. The zero-order valence-electron chi connectivity index (χ0n) is 18.1. The van der Waals surface area contributed by atoms with Gasteiger partial charge in [0.15, 0.2) is 5.65 Å². The number of anilines is 2. The maximum atomic E-state index is 9.63. The maximum Gasteiger partial charge on any atom is 0.223 e. The minimum absolute atomic E-state index is 0.0429. The summed E-state index contributed by atoms with van der Waals surface area (Å²) >= 11 is 6.26. The van der Waals surface area contributed by atoms with Crippen LogP contribution in [0.3, 0.4) is 0 Å². The number of imidazole rings is 1. The molecule has 5 rings (SSSR count). The van der Waals surface area contributed by atoms with Crippen molar-refractivity contribution in [3.8, 4) is 17.5 Å². The first-order valence-electron chi connectivity index (χ1n) is 10.8. The molecule has 0 amide bonds. The molecule has 1 aliphatic rings. The quantitative estimate of drug-likeness (QED) is 0.464. The Morgan fingerprint density at radius 3 is 2.91 bits per heavy atom. The molecule has 4 heterocycles. The van der Waals surface area contributed by atoms with Crippen LogP contribution in [-0.2, 0) is 0 Å². The molecular weight excluding hydrogens is 436 g/mol. The summed E-state index contributed by atoms with van der Waals surface area (Å²) in [6, 6.07) is 14.4. The number of aromatic nitrogens is 4. The lowest BCUT2D eigenvalue weighted by molar-refractivity contribution is 0.752. The molecule has 166 valence electrons. The third-order valence-electron chi connectivity index (χ3n) is 5.95. The molecule has 0 unspecified atom stereocenters. The molecule has 4 aromatic rings. The van der Waals surface area contributed by atoms with E-state index >= 15 is 0 Å². The van der Waals surface area contributed by atoms with Crippen molar-refractivity contribution in [3.63, 3.8) is 0 Å². The lowest BCUT2D eigenvalue weighted by atomic mass is 10.1. The van der Waals surface area contributed by atoms with Gasteiger partial charge in [-0.05, 0) is 43.2 Å². The van der Waals surface area contributed by atoms with Gasteiger partial charge in [0.2, 0.25) is 5.95 Å². The molecule has 1 aliphatic heterocycles. The highest BCUT2D eigenvalue weighted by molar-refractivity contribution is 6.33. The van der Waals surface area contributed by atoms with Crippen LogP contribution in [0.1, 0.15) is 30.5 Å². The molecule has 0 spiro atoms. The van der Waals surface area contributed by atoms with Crippen molar-refractivity contribution in [2.75, 3.05) is 23.3 Å². The maximum absolute atomic E-state index is 9.63. The van der Waals surface area contributed by atoms with Crippen LogP contribution in [0, 0.1) is 11.3 Å². The molecule has 9 heteroatoms. The van der Waals surface area contributed by atoms with Crippen LogP contribution in [0.25, 0.3) is 17.0 Å². The number of benzene rings is 1. The fourth-order valence-corrected chi connectivity index (χ4v) is 4.38. The molecule has 2 atom stereocenters. The molecule has 1 aromatic carbocycles. The molecule has 8 nitrogen and oxygen atoms in total. The van der Waals surface area contributed by atoms with Gasteiger partial charge in [-0.3, -0.25) is 4.40 Å². The SMILES string of the molecule is C[C@H](Nc1ncc(C#N)c(-c2cnc3c(Cl)cccn23)n1)c1cccc(N2CC[C@@H](N)C2)c1. The van der Waals surface area contributed by atoms with Gasteiger partial charge in [-0.25, -0.2) is 15.0 Å². The molecule has 3 N–H and O–H groups in total. The smallest absolute Gasteiger partial charge is 0.223 e. The highest BCUT2D eigenvalue weighted by Crippen LogP contribution is 2.28. The van der Waals surface area contributed by atoms with Gasteiger partial charge < -0.3 is 16.0 Å². The number of hydrogen-bond acceptors (Lipinski definition) is 7. The summed E-state index contributed by atoms with van der Waals surface area (Å²) in [5.74, 6) is 0.432. The average molecular weight is 459 g/mol. The number of nitriles is 1. The molecule has 1 saturated heterocycles. The first-order chi connectivity index (χ1) is 16.0. The Bertz CT molecular complexity index is 1360. The fourth-order valence-electron chi connectivity index (χ4n) is 4.17. The van der Waals surface area contributed by atoms with E-state index in [4.69, 9.17) is 17.3 Å². The number of fused-ring (bicyclic) bond motifs is 1. The minimum atomic E-state index is -0.0429. The van der Waals surface area contributed by atoms with Crippen LogP contribution in [0.15, 0.2) is 55.0 Å². The van der Waals surface area contributed by atoms with Gasteiger partial charge >= 0.3 is 0 Å². The zero-order valence-corrected chi connectivity index (χ0v) is 18.9. The van der Waals surface area contributed by atoms with E-state index < -0.39 is 0 Å². The zero-order chi connectivity index (χ0) is 22.9. The number of nitrogens with one attached hydrogen (secondary N) is 1. The normalized spacial score (nSPS) is 16.7. The molecule has 0 bridgehead atoms. The third kappa shape index (κ3) is 4.09. The van der Waals surface area contributed by atoms with Gasteiger partial charge in [0.1, 0.15) is 11.8 Å². The number of hydrogen-bond donors (Lipinski definition) is 2. The molecule has 1 fully saturated rings. The van der Waals surface area contributed by atoms with E-state index in [1.54, 1.807) is 12.3 Å². The van der Waals surface area contributed by atoms with Gasteiger partial charge in [0.25, 0.3) is 0 Å². The van der Waals surface area contributed by atoms with Crippen molar-refractivity contribution in [2.45, 2.75) is 25.4 Å². The van der Waals surface area contributed by atoms with Gasteiger partial charge in [-0.15, -0.1) is 0 Å². The Morgan fingerprint density at radius 2 is 2.12 bits per heavy atom. The van der Waals surface area contributed by atoms with Gasteiger partial charge in [0.05, 0.1) is 34.7 Å². The molecule has 0 saturated carbocycles. The molecule has 0 radical (unpaired) electrons. The van der Waals surface area contributed by atoms with Crippen molar-refractivity contribution in [1.29, 1.82) is 5.26 Å². The summed E-state index contributed by atoms with van der Waals surface area (Å²) in [5.41, 5.74) is 10.5. The first kappa shape index (κ1) is 21.2. The third-order valence-corrected chi connectivity index (χ3v) is 6.24. The average Bonchev–Trinajstić information content (AvgIpc) is 3.46. The number of rotatable bonds is 5. The van der Waals surface area contributed by atoms with E-state index in [-0.39, 0.29) is 12.1 Å². The summed E-state index contributed by atoms with van der Waals surface area (Å²) in [4.78, 5) is 15.7. The van der Waals surface area contributed by atoms with Crippen molar-refractivity contribution in [1.82, 2.24) is 19.4 Å². The number of nitrogens with two attached hydrogens (primary N) is 1. The lowest BCUT2D eigenvalue weighted by Gasteiger charge is -2.21. The minimum Gasteiger partial charge on any atom is -0.370 e. The van der Waals surface area contributed by atoms with Crippen molar-refractivity contribution in [2.24, 2.45) is 5.73 Å². The second-order valence-electron chi connectivity index (χ2n) is 8.22. The lowest BCUT2D eigenvalue weighted by Crippen LogP contribution is -2.26. The topological polar surface area (TPSA) is 108 Å². The predicted molar refractivity (Wildman–Crippen MR) is 129 cm³/mol. The standard InChI is InChI=1S/C24H23ClN8/c1-15(16-4-2-5-19(10-16)32-9-7-18(27)14-32)30-24-29-12-17(11-26)22(31-24)21-13-28-23-20(25)6-3-8-33(21)23/h2-6,8,10,12-13,15,18H,7,9,14,27H2,1H3,(H,29,30,31)/t15-,18+/m0/s1. The Labute approximate surface area is 196 Å². The highest BCUT2D eigenvalue weighted by atomic mass is 35.5. The summed E-state index contributed by atoms with van der Waals surface area (Å²) in [5, 5.41) is 13.5. The van der Waals surface area contributed by atoms with Gasteiger partial charge in [0, 0.05) is 31.0 Å². The van der Waals surface area contributed by atoms with Crippen LogP contribution in [0.5, 0.6) is 0 Å². The fraction of sp³-hybridized carbons (Fsp3) is 0.250. The van der Waals surface area contributed by atoms with Crippen LogP contribution >= 0.6 is 11.6 Å². The van der Waals surface area contributed by atoms with Crippen LogP contribution in [0.2, 0.25) is 5.02 Å². The molecular formula is C24H23ClN8. The summed E-state index contributed by atoms with van der Waals surface area (Å²) in [7, 11) is 0. The van der Waals surface area contributed by atoms with E-state index in [0.29, 0.717) is 33.6 Å². The van der Waals surface area contributed by atoms with E-state index in [1.807, 2.05) is 16.7 Å². The predicted octanol–water partition coefficient (Wildman–Crippen LogP) is 4.03. The largest absolute Gasteiger partial charge is 0.370 e. The van der Waals surface area contributed by atoms with E-state index in [9.17, 15) is 5.26 Å². The van der Waals surface area contributed by atoms with E-state index in [2.05, 4.69) is 62.4 Å². The second-order valence-corrected chi connectivity index (χ2v) is 8.62. The Balaban J connectivity index is 1.44. The molecule has 0 aliphatic carbocycles. The van der Waals surface area contributed by atoms with Crippen LogP contribution < -0.4 is 16.0 Å². The molecule has 33 heavy (non-hydrogen) atoms. The Morgan fingerprint density at radius 1 is 1.24 bits per heavy atom. The van der Waals surface area contributed by atoms with E-state index in [1.165, 1.54) is 6.20 Å². The number of halogens is 1. The van der Waals surface area contributed by atoms with Crippen molar-refractivity contribution < 1.29 is 0 Å². The van der Waals surface area contributed by atoms with Gasteiger partial charge in [-0.1, -0.05) is 23.7 Å². The first-order valence-corrected chi connectivity index (χ1v) is 11.2. The van der Waals surface area contributed by atoms with Crippen LogP contribution in [-0.4, -0.2) is 38.5 Å². The van der Waals surface area contributed by atoms with Crippen molar-refractivity contribution in [3.05, 3.63) is 71.1 Å². The second kappa shape index (κ2) is 8.70. The highest BCUT2D eigenvalue weighted by Gasteiger charge is 2.20.